The van der Waals surface area contributed by atoms with E-state index < -0.39 is 0 Å². The van der Waals surface area contributed by atoms with E-state index in [9.17, 15) is 0 Å². The summed E-state index contributed by atoms with van der Waals surface area (Å²) >= 11 is 6.23. The first kappa shape index (κ1) is 10.8. The fourth-order valence-corrected chi connectivity index (χ4v) is 2.43. The Bertz CT molecular complexity index is 343. The molecule has 2 nitrogen and oxygen atoms in total. The number of hydrogen-bond acceptors (Lipinski definition) is 2. The smallest absolute Gasteiger partial charge is 0.0642 e. The van der Waals surface area contributed by atoms with Crippen LogP contribution in [0.3, 0.4) is 0 Å². The number of benzene rings is 1. The van der Waals surface area contributed by atoms with Crippen LogP contribution in [-0.2, 0) is 0 Å². The van der Waals surface area contributed by atoms with Crippen molar-refractivity contribution in [3.8, 4) is 0 Å². The van der Waals surface area contributed by atoms with Crippen molar-refractivity contribution in [1.29, 1.82) is 0 Å². The van der Waals surface area contributed by atoms with Gasteiger partial charge >= 0.3 is 0 Å². The highest BCUT2D eigenvalue weighted by Gasteiger charge is 2.17. The zero-order valence-corrected chi connectivity index (χ0v) is 10.0. The molecule has 0 saturated carbocycles. The van der Waals surface area contributed by atoms with E-state index in [-0.39, 0.29) is 0 Å². The first-order valence-electron chi connectivity index (χ1n) is 5.38. The van der Waals surface area contributed by atoms with Crippen LogP contribution in [0.1, 0.15) is 24.4 Å². The summed E-state index contributed by atoms with van der Waals surface area (Å²) < 4.78 is 0. The summed E-state index contributed by atoms with van der Waals surface area (Å²) in [4.78, 5) is 2.04. The fraction of sp³-hybridized carbons (Fsp3) is 0.500. The summed E-state index contributed by atoms with van der Waals surface area (Å²) in [5, 5.41) is 4.32. The molecular weight excluding hydrogens is 208 g/mol. The molecule has 0 bridgehead atoms. The highest BCUT2D eigenvalue weighted by atomic mass is 35.5. The van der Waals surface area contributed by atoms with Crippen LogP contribution in [0.2, 0.25) is 5.02 Å². The summed E-state index contributed by atoms with van der Waals surface area (Å²) in [7, 11) is 4.02. The van der Waals surface area contributed by atoms with Crippen molar-refractivity contribution in [3.05, 3.63) is 28.8 Å². The van der Waals surface area contributed by atoms with E-state index in [0.717, 1.165) is 17.3 Å². The molecule has 0 amide bonds. The van der Waals surface area contributed by atoms with Gasteiger partial charge in [-0.05, 0) is 37.1 Å². The highest BCUT2D eigenvalue weighted by Crippen LogP contribution is 2.30. The molecule has 1 N–H and O–H groups in total. The summed E-state index contributed by atoms with van der Waals surface area (Å²) in [5.41, 5.74) is 2.39. The molecule has 1 aromatic rings. The second kappa shape index (κ2) is 4.42. The van der Waals surface area contributed by atoms with Gasteiger partial charge in [0.1, 0.15) is 0 Å². The Labute approximate surface area is 96.2 Å². The van der Waals surface area contributed by atoms with Gasteiger partial charge in [0, 0.05) is 20.1 Å². The molecule has 1 aliphatic rings. The lowest BCUT2D eigenvalue weighted by Gasteiger charge is -2.17. The number of hydrogen-bond donors (Lipinski definition) is 1. The molecule has 1 fully saturated rings. The van der Waals surface area contributed by atoms with Gasteiger partial charge in [-0.25, -0.2) is 0 Å². The minimum Gasteiger partial charge on any atom is -0.376 e. The van der Waals surface area contributed by atoms with Crippen LogP contribution in [0.25, 0.3) is 0 Å². The summed E-state index contributed by atoms with van der Waals surface area (Å²) in [5.74, 6) is 0. The molecule has 1 atom stereocenters. The zero-order valence-electron chi connectivity index (χ0n) is 9.26. The van der Waals surface area contributed by atoms with Crippen LogP contribution in [0.5, 0.6) is 0 Å². The van der Waals surface area contributed by atoms with Gasteiger partial charge in [-0.3, -0.25) is 0 Å². The lowest BCUT2D eigenvalue weighted by molar-refractivity contribution is 0.648. The zero-order chi connectivity index (χ0) is 10.8. The van der Waals surface area contributed by atoms with E-state index in [4.69, 9.17) is 11.6 Å². The Kier molecular flexibility index (Phi) is 3.17. The first-order valence-corrected chi connectivity index (χ1v) is 5.76. The molecule has 1 saturated heterocycles. The quantitative estimate of drug-likeness (QED) is 0.831. The maximum Gasteiger partial charge on any atom is 0.0642 e. The van der Waals surface area contributed by atoms with Crippen LogP contribution < -0.4 is 10.2 Å². The van der Waals surface area contributed by atoms with Gasteiger partial charge in [0.15, 0.2) is 0 Å². The topological polar surface area (TPSA) is 15.3 Å². The molecule has 0 aliphatic carbocycles. The van der Waals surface area contributed by atoms with Gasteiger partial charge in [0.05, 0.1) is 10.7 Å². The minimum atomic E-state index is 0.499. The summed E-state index contributed by atoms with van der Waals surface area (Å²) in [6.45, 7) is 1.12. The number of nitrogens with one attached hydrogen (secondary N) is 1. The third-order valence-corrected chi connectivity index (χ3v) is 3.22. The maximum atomic E-state index is 6.23. The van der Waals surface area contributed by atoms with Crippen molar-refractivity contribution in [2.45, 2.75) is 18.9 Å². The van der Waals surface area contributed by atoms with Gasteiger partial charge in [0.2, 0.25) is 0 Å². The first-order chi connectivity index (χ1) is 7.18. The van der Waals surface area contributed by atoms with Crippen molar-refractivity contribution < 1.29 is 0 Å². The van der Waals surface area contributed by atoms with Gasteiger partial charge < -0.3 is 10.2 Å². The molecule has 0 aromatic heterocycles. The van der Waals surface area contributed by atoms with Crippen molar-refractivity contribution in [3.63, 3.8) is 0 Å². The SMILES string of the molecule is CN(C)c1ccc(C2CCCN2)cc1Cl. The molecule has 0 radical (unpaired) electrons. The Morgan fingerprint density at radius 1 is 1.40 bits per heavy atom. The predicted octanol–water partition coefficient (Wildman–Crippen LogP) is 2.83. The molecule has 2 rings (SSSR count). The molecule has 1 heterocycles. The van der Waals surface area contributed by atoms with Crippen molar-refractivity contribution in [1.82, 2.24) is 5.32 Å². The standard InChI is InChI=1S/C12H17ClN2/c1-15(2)12-6-5-9(8-10(12)13)11-4-3-7-14-11/h5-6,8,11,14H,3-4,7H2,1-2H3. The average Bonchev–Trinajstić information content (AvgIpc) is 2.69. The molecule has 82 valence electrons. The van der Waals surface area contributed by atoms with Gasteiger partial charge in [-0.1, -0.05) is 17.7 Å². The largest absolute Gasteiger partial charge is 0.376 e. The van der Waals surface area contributed by atoms with E-state index in [0.29, 0.717) is 6.04 Å². The Morgan fingerprint density at radius 3 is 2.73 bits per heavy atom. The minimum absolute atomic E-state index is 0.499. The molecule has 1 aromatic carbocycles. The van der Waals surface area contributed by atoms with E-state index in [1.54, 1.807) is 0 Å². The average molecular weight is 225 g/mol. The maximum absolute atomic E-state index is 6.23. The normalized spacial score (nSPS) is 20.6. The third kappa shape index (κ3) is 2.27. The van der Waals surface area contributed by atoms with Gasteiger partial charge in [0.25, 0.3) is 0 Å². The van der Waals surface area contributed by atoms with Crippen molar-refractivity contribution in [2.24, 2.45) is 0 Å². The van der Waals surface area contributed by atoms with Crippen molar-refractivity contribution >= 4 is 17.3 Å². The lowest BCUT2D eigenvalue weighted by atomic mass is 10.0. The third-order valence-electron chi connectivity index (χ3n) is 2.92. The van der Waals surface area contributed by atoms with E-state index >= 15 is 0 Å². The van der Waals surface area contributed by atoms with E-state index in [2.05, 4.69) is 23.5 Å². The van der Waals surface area contributed by atoms with Crippen LogP contribution in [-0.4, -0.2) is 20.6 Å². The Morgan fingerprint density at radius 2 is 2.20 bits per heavy atom. The van der Waals surface area contributed by atoms with Gasteiger partial charge in [-0.2, -0.15) is 0 Å². The predicted molar refractivity (Wildman–Crippen MR) is 65.8 cm³/mol. The van der Waals surface area contributed by atoms with Gasteiger partial charge in [-0.15, -0.1) is 0 Å². The Hall–Kier alpha value is -0.730. The van der Waals surface area contributed by atoms with E-state index in [1.165, 1.54) is 18.4 Å². The summed E-state index contributed by atoms with van der Waals surface area (Å²) in [6, 6.07) is 6.85. The van der Waals surface area contributed by atoms with Crippen LogP contribution in [0.4, 0.5) is 5.69 Å². The Balaban J connectivity index is 2.24. The second-order valence-electron chi connectivity index (χ2n) is 4.25. The molecule has 1 unspecified atom stereocenters. The molecule has 3 heteroatoms. The number of nitrogens with zero attached hydrogens (tertiary/aromatic N) is 1. The molecule has 0 spiro atoms. The van der Waals surface area contributed by atoms with Crippen LogP contribution in [0, 0.1) is 0 Å². The second-order valence-corrected chi connectivity index (χ2v) is 4.66. The number of anilines is 1. The molecule has 1 aliphatic heterocycles. The summed E-state index contributed by atoms with van der Waals surface area (Å²) in [6.07, 6.45) is 2.48. The molecule has 15 heavy (non-hydrogen) atoms. The van der Waals surface area contributed by atoms with Crippen LogP contribution >= 0.6 is 11.6 Å². The fourth-order valence-electron chi connectivity index (χ4n) is 2.07. The molecular formula is C12H17ClN2. The highest BCUT2D eigenvalue weighted by molar-refractivity contribution is 6.33. The van der Waals surface area contributed by atoms with Crippen molar-refractivity contribution in [2.75, 3.05) is 25.5 Å². The monoisotopic (exact) mass is 224 g/mol. The number of rotatable bonds is 2. The van der Waals surface area contributed by atoms with Crippen LogP contribution in [0.15, 0.2) is 18.2 Å². The number of halogens is 1. The van der Waals surface area contributed by atoms with E-state index in [1.807, 2.05) is 19.0 Å². The lowest BCUT2D eigenvalue weighted by Crippen LogP contribution is -2.14.